The van der Waals surface area contributed by atoms with Crippen LogP contribution >= 0.6 is 0 Å². The quantitative estimate of drug-likeness (QED) is 0.501. The molecule has 1 nitrogen and oxygen atoms in total. The maximum Gasteiger partial charge on any atom is 0.131 e. The van der Waals surface area contributed by atoms with Crippen LogP contribution in [0.2, 0.25) is 0 Å². The highest BCUT2D eigenvalue weighted by molar-refractivity contribution is 5.51. The number of hydrogen-bond donors (Lipinski definition) is 0. The Hall–Kier alpha value is -2.68. The molecule has 3 aromatic rings. The van der Waals surface area contributed by atoms with Gasteiger partial charge >= 0.3 is 0 Å². The lowest BCUT2D eigenvalue weighted by atomic mass is 9.86. The minimum absolute atomic E-state index is 0.130. The molecule has 3 aromatic carbocycles. The second-order valence-corrected chi connectivity index (χ2v) is 7.86. The average molecular weight is 365 g/mol. The van der Waals surface area contributed by atoms with Crippen molar-refractivity contribution in [3.63, 3.8) is 0 Å². The van der Waals surface area contributed by atoms with Gasteiger partial charge in [-0.1, -0.05) is 81.4 Å². The zero-order valence-electron chi connectivity index (χ0n) is 16.0. The molecule has 3 heteroatoms. The van der Waals surface area contributed by atoms with Gasteiger partial charge in [-0.2, -0.15) is 0 Å². The number of rotatable bonds is 5. The molecular weight excluding hydrogens is 340 g/mol. The smallest absolute Gasteiger partial charge is 0.131 e. The molecule has 0 radical (unpaired) electrons. The fourth-order valence-electron chi connectivity index (χ4n) is 3.30. The lowest BCUT2D eigenvalue weighted by Crippen LogP contribution is -2.24. The van der Waals surface area contributed by atoms with Gasteiger partial charge in [0.15, 0.2) is 0 Å². The van der Waals surface area contributed by atoms with Crippen LogP contribution in [0, 0.1) is 11.6 Å². The van der Waals surface area contributed by atoms with E-state index in [9.17, 15) is 8.78 Å². The van der Waals surface area contributed by atoms with Crippen molar-refractivity contribution in [2.24, 2.45) is 0 Å². The van der Waals surface area contributed by atoms with Crippen LogP contribution in [0.25, 0.3) is 0 Å². The molecular formula is C24H25F2N. The van der Waals surface area contributed by atoms with Crippen molar-refractivity contribution < 1.29 is 8.78 Å². The molecule has 0 amide bonds. The molecule has 0 aliphatic heterocycles. The highest BCUT2D eigenvalue weighted by atomic mass is 19.1. The van der Waals surface area contributed by atoms with Crippen molar-refractivity contribution in [2.45, 2.75) is 39.3 Å². The fraction of sp³-hybridized carbons (Fsp3) is 0.250. The van der Waals surface area contributed by atoms with E-state index in [4.69, 9.17) is 0 Å². The van der Waals surface area contributed by atoms with E-state index in [1.807, 2.05) is 86.3 Å². The van der Waals surface area contributed by atoms with Gasteiger partial charge in [0.25, 0.3) is 0 Å². The molecule has 0 heterocycles. The third-order valence-electron chi connectivity index (χ3n) is 4.57. The Balaban J connectivity index is 1.99. The number of benzene rings is 3. The van der Waals surface area contributed by atoms with Gasteiger partial charge < -0.3 is 4.90 Å². The fourth-order valence-corrected chi connectivity index (χ4v) is 3.30. The summed E-state index contributed by atoms with van der Waals surface area (Å²) >= 11 is 0. The Kier molecular flexibility index (Phi) is 5.59. The SMILES string of the molecule is CC(C)(C)c1c(F)cc(N(Cc2ccccc2)Cc2ccccc2)cc1F. The molecule has 0 N–H and O–H groups in total. The zero-order chi connectivity index (χ0) is 19.4. The average Bonchev–Trinajstić information content (AvgIpc) is 2.61. The molecule has 0 atom stereocenters. The maximum absolute atomic E-state index is 14.8. The molecule has 0 aromatic heterocycles. The van der Waals surface area contributed by atoms with E-state index in [-0.39, 0.29) is 5.56 Å². The first kappa shape index (κ1) is 19.1. The first-order valence-electron chi connectivity index (χ1n) is 9.17. The van der Waals surface area contributed by atoms with Gasteiger partial charge in [-0.3, -0.25) is 0 Å². The summed E-state index contributed by atoms with van der Waals surface area (Å²) in [7, 11) is 0. The van der Waals surface area contributed by atoms with Crippen molar-refractivity contribution >= 4 is 5.69 Å². The van der Waals surface area contributed by atoms with Gasteiger partial charge in [0.2, 0.25) is 0 Å². The summed E-state index contributed by atoms with van der Waals surface area (Å²) in [6.07, 6.45) is 0. The monoisotopic (exact) mass is 365 g/mol. The number of halogens is 2. The van der Waals surface area contributed by atoms with Gasteiger partial charge in [0.1, 0.15) is 11.6 Å². The normalized spacial score (nSPS) is 11.4. The summed E-state index contributed by atoms with van der Waals surface area (Å²) in [5, 5.41) is 0. The van der Waals surface area contributed by atoms with Crippen LogP contribution in [0.1, 0.15) is 37.5 Å². The van der Waals surface area contributed by atoms with E-state index in [1.54, 1.807) is 0 Å². The van der Waals surface area contributed by atoms with Crippen LogP contribution in [0.4, 0.5) is 14.5 Å². The molecule has 0 spiro atoms. The number of anilines is 1. The van der Waals surface area contributed by atoms with Gasteiger partial charge in [-0.15, -0.1) is 0 Å². The summed E-state index contributed by atoms with van der Waals surface area (Å²) in [5.74, 6) is -0.993. The lowest BCUT2D eigenvalue weighted by Gasteiger charge is -2.28. The molecule has 27 heavy (non-hydrogen) atoms. The predicted molar refractivity (Wildman–Crippen MR) is 108 cm³/mol. The van der Waals surface area contributed by atoms with Crippen LogP contribution in [-0.4, -0.2) is 0 Å². The van der Waals surface area contributed by atoms with E-state index in [0.717, 1.165) is 11.1 Å². The lowest BCUT2D eigenvalue weighted by molar-refractivity contribution is 0.475. The highest BCUT2D eigenvalue weighted by Crippen LogP contribution is 2.32. The Morgan fingerprint density at radius 3 is 1.48 bits per heavy atom. The van der Waals surface area contributed by atoms with Crippen molar-refractivity contribution in [2.75, 3.05) is 4.90 Å². The standard InChI is InChI=1S/C24H25F2N/c1-24(2,3)23-21(25)14-20(15-22(23)26)27(16-18-10-6-4-7-11-18)17-19-12-8-5-9-13-19/h4-15H,16-17H2,1-3H3. The second-order valence-electron chi connectivity index (χ2n) is 7.86. The number of nitrogens with zero attached hydrogens (tertiary/aromatic N) is 1. The van der Waals surface area contributed by atoms with E-state index >= 15 is 0 Å². The first-order valence-corrected chi connectivity index (χ1v) is 9.17. The Morgan fingerprint density at radius 1 is 0.704 bits per heavy atom. The van der Waals surface area contributed by atoms with E-state index in [2.05, 4.69) is 0 Å². The maximum atomic E-state index is 14.8. The van der Waals surface area contributed by atoms with Crippen LogP contribution in [0.5, 0.6) is 0 Å². The van der Waals surface area contributed by atoms with E-state index in [1.165, 1.54) is 12.1 Å². The minimum Gasteiger partial charge on any atom is -0.363 e. The van der Waals surface area contributed by atoms with Gasteiger partial charge in [0.05, 0.1) is 0 Å². The van der Waals surface area contributed by atoms with Crippen molar-refractivity contribution in [1.82, 2.24) is 0 Å². The highest BCUT2D eigenvalue weighted by Gasteiger charge is 2.25. The Morgan fingerprint density at radius 2 is 1.11 bits per heavy atom. The summed E-state index contributed by atoms with van der Waals surface area (Å²) in [6, 6.07) is 22.8. The Bertz CT molecular complexity index is 819. The van der Waals surface area contributed by atoms with Crippen LogP contribution in [0.3, 0.4) is 0 Å². The van der Waals surface area contributed by atoms with E-state index in [0.29, 0.717) is 18.8 Å². The molecule has 0 saturated heterocycles. The topological polar surface area (TPSA) is 3.24 Å². The van der Waals surface area contributed by atoms with E-state index < -0.39 is 17.0 Å². The molecule has 0 aliphatic carbocycles. The van der Waals surface area contributed by atoms with Crippen molar-refractivity contribution in [3.05, 3.63) is 101 Å². The van der Waals surface area contributed by atoms with Gasteiger partial charge in [0, 0.05) is 24.3 Å². The van der Waals surface area contributed by atoms with Crippen molar-refractivity contribution in [1.29, 1.82) is 0 Å². The predicted octanol–water partition coefficient (Wildman–Crippen LogP) is 6.47. The number of hydrogen-bond acceptors (Lipinski definition) is 1. The molecule has 0 saturated carbocycles. The second kappa shape index (κ2) is 7.91. The van der Waals surface area contributed by atoms with Gasteiger partial charge in [-0.25, -0.2) is 8.78 Å². The molecule has 0 aliphatic rings. The largest absolute Gasteiger partial charge is 0.363 e. The van der Waals surface area contributed by atoms with Crippen molar-refractivity contribution in [3.8, 4) is 0 Å². The van der Waals surface area contributed by atoms with Crippen LogP contribution in [0.15, 0.2) is 72.8 Å². The molecule has 0 fully saturated rings. The summed E-state index contributed by atoms with van der Waals surface area (Å²) in [5.41, 5.74) is 2.27. The van der Waals surface area contributed by atoms with Gasteiger partial charge in [-0.05, 0) is 28.7 Å². The minimum atomic E-state index is -0.587. The third kappa shape index (κ3) is 4.73. The molecule has 140 valence electrons. The third-order valence-corrected chi connectivity index (χ3v) is 4.57. The molecule has 3 rings (SSSR count). The Labute approximate surface area is 160 Å². The molecule has 0 bridgehead atoms. The summed E-state index contributed by atoms with van der Waals surface area (Å²) < 4.78 is 29.6. The van der Waals surface area contributed by atoms with Crippen LogP contribution < -0.4 is 4.90 Å². The van der Waals surface area contributed by atoms with Crippen LogP contribution in [-0.2, 0) is 18.5 Å². The summed E-state index contributed by atoms with van der Waals surface area (Å²) in [6.45, 7) is 6.60. The zero-order valence-corrected chi connectivity index (χ0v) is 16.0. The molecule has 0 unspecified atom stereocenters. The first-order chi connectivity index (χ1) is 12.8. The summed E-state index contributed by atoms with van der Waals surface area (Å²) in [4.78, 5) is 2.00.